The van der Waals surface area contributed by atoms with Crippen molar-refractivity contribution >= 4 is 40.6 Å². The van der Waals surface area contributed by atoms with Crippen LogP contribution >= 0.6 is 23.4 Å². The number of aromatic nitrogens is 3. The summed E-state index contributed by atoms with van der Waals surface area (Å²) >= 11 is 6.97. The molecular formula is C17H15ClN4O2S. The molecule has 1 amide bonds. The molecule has 0 radical (unpaired) electrons. The minimum atomic E-state index is -0.482. The van der Waals surface area contributed by atoms with Gasteiger partial charge in [-0.25, -0.2) is 14.2 Å². The molecule has 8 heteroatoms. The van der Waals surface area contributed by atoms with E-state index in [0.29, 0.717) is 10.7 Å². The van der Waals surface area contributed by atoms with Crippen LogP contribution in [0.3, 0.4) is 0 Å². The highest BCUT2D eigenvalue weighted by atomic mass is 35.5. The summed E-state index contributed by atoms with van der Waals surface area (Å²) in [5, 5.41) is 3.54. The van der Waals surface area contributed by atoms with Gasteiger partial charge in [-0.05, 0) is 43.2 Å². The summed E-state index contributed by atoms with van der Waals surface area (Å²) in [6, 6.07) is 9.14. The fourth-order valence-electron chi connectivity index (χ4n) is 2.22. The van der Waals surface area contributed by atoms with E-state index in [2.05, 4.69) is 15.3 Å². The Hall–Kier alpha value is -2.38. The van der Waals surface area contributed by atoms with Gasteiger partial charge in [0.25, 0.3) is 0 Å². The summed E-state index contributed by atoms with van der Waals surface area (Å²) in [5.74, 6) is -0.0741. The van der Waals surface area contributed by atoms with Crippen molar-refractivity contribution in [3.8, 4) is 0 Å². The SMILES string of the molecule is Cc1ccc(C)c(NC(=O)CSc2nc(=O)n3cc(Cl)ccc3n2)c1. The number of hydrogen-bond donors (Lipinski definition) is 1. The van der Waals surface area contributed by atoms with Crippen LogP contribution < -0.4 is 11.0 Å². The van der Waals surface area contributed by atoms with Crippen LogP contribution in [0.4, 0.5) is 5.69 Å². The van der Waals surface area contributed by atoms with E-state index in [4.69, 9.17) is 11.6 Å². The quantitative estimate of drug-likeness (QED) is 0.710. The molecule has 0 saturated carbocycles. The molecule has 0 saturated heterocycles. The fraction of sp³-hybridized carbons (Fsp3) is 0.176. The van der Waals surface area contributed by atoms with Crippen LogP contribution in [-0.2, 0) is 4.79 Å². The maximum atomic E-state index is 12.2. The predicted molar refractivity (Wildman–Crippen MR) is 99.5 cm³/mol. The average molecular weight is 375 g/mol. The second-order valence-electron chi connectivity index (χ2n) is 5.52. The van der Waals surface area contributed by atoms with E-state index in [-0.39, 0.29) is 16.8 Å². The van der Waals surface area contributed by atoms with Crippen molar-refractivity contribution in [1.29, 1.82) is 0 Å². The molecule has 128 valence electrons. The van der Waals surface area contributed by atoms with Gasteiger partial charge in [0.15, 0.2) is 5.16 Å². The van der Waals surface area contributed by atoms with Gasteiger partial charge in [-0.1, -0.05) is 35.5 Å². The lowest BCUT2D eigenvalue weighted by Gasteiger charge is -2.09. The number of aryl methyl sites for hydroxylation is 2. The largest absolute Gasteiger partial charge is 0.355 e. The molecule has 3 aromatic rings. The van der Waals surface area contributed by atoms with Gasteiger partial charge >= 0.3 is 5.69 Å². The Morgan fingerprint density at radius 1 is 1.24 bits per heavy atom. The topological polar surface area (TPSA) is 76.4 Å². The normalized spacial score (nSPS) is 10.8. The second-order valence-corrected chi connectivity index (χ2v) is 6.90. The van der Waals surface area contributed by atoms with Crippen LogP contribution in [0.1, 0.15) is 11.1 Å². The zero-order valence-corrected chi connectivity index (χ0v) is 15.2. The summed E-state index contributed by atoms with van der Waals surface area (Å²) in [4.78, 5) is 32.3. The van der Waals surface area contributed by atoms with Crippen LogP contribution in [0.5, 0.6) is 0 Å². The summed E-state index contributed by atoms with van der Waals surface area (Å²) in [7, 11) is 0. The molecule has 0 aliphatic carbocycles. The van der Waals surface area contributed by atoms with Gasteiger partial charge in [0, 0.05) is 11.9 Å². The average Bonchev–Trinajstić information content (AvgIpc) is 2.57. The van der Waals surface area contributed by atoms with Gasteiger partial charge in [0.05, 0.1) is 10.8 Å². The Bertz CT molecular complexity index is 1020. The Labute approximate surface area is 153 Å². The van der Waals surface area contributed by atoms with E-state index < -0.39 is 5.69 Å². The van der Waals surface area contributed by atoms with Crippen LogP contribution in [0.15, 0.2) is 46.5 Å². The van der Waals surface area contributed by atoms with Gasteiger partial charge in [0.2, 0.25) is 5.91 Å². The van der Waals surface area contributed by atoms with Crippen molar-refractivity contribution in [2.75, 3.05) is 11.1 Å². The molecule has 2 heterocycles. The lowest BCUT2D eigenvalue weighted by atomic mass is 10.1. The standard InChI is InChI=1S/C17H15ClN4O2S/c1-10-3-4-11(2)13(7-10)19-15(23)9-25-16-20-14-6-5-12(18)8-22(14)17(24)21-16/h3-8H,9H2,1-2H3,(H,19,23). The van der Waals surface area contributed by atoms with Gasteiger partial charge in [0.1, 0.15) is 5.65 Å². The summed E-state index contributed by atoms with van der Waals surface area (Å²) in [5.41, 5.74) is 2.78. The van der Waals surface area contributed by atoms with E-state index in [1.165, 1.54) is 10.6 Å². The molecule has 6 nitrogen and oxygen atoms in total. The number of rotatable bonds is 4. The number of halogens is 1. The fourth-order valence-corrected chi connectivity index (χ4v) is 3.02. The molecule has 1 aromatic carbocycles. The third-order valence-electron chi connectivity index (χ3n) is 3.50. The van der Waals surface area contributed by atoms with E-state index in [1.807, 2.05) is 32.0 Å². The molecule has 0 aliphatic heterocycles. The maximum Gasteiger partial charge on any atom is 0.355 e. The molecule has 0 atom stereocenters. The first-order chi connectivity index (χ1) is 11.9. The van der Waals surface area contributed by atoms with Crippen molar-refractivity contribution in [2.24, 2.45) is 0 Å². The lowest BCUT2D eigenvalue weighted by molar-refractivity contribution is -0.113. The van der Waals surface area contributed by atoms with Gasteiger partial charge in [-0.15, -0.1) is 0 Å². The molecule has 0 bridgehead atoms. The van der Waals surface area contributed by atoms with Crippen LogP contribution in [0.2, 0.25) is 5.02 Å². The third kappa shape index (κ3) is 4.18. The highest BCUT2D eigenvalue weighted by Crippen LogP contribution is 2.18. The Morgan fingerprint density at radius 3 is 2.84 bits per heavy atom. The van der Waals surface area contributed by atoms with Crippen molar-refractivity contribution in [2.45, 2.75) is 19.0 Å². The number of amides is 1. The molecule has 25 heavy (non-hydrogen) atoms. The minimum Gasteiger partial charge on any atom is -0.325 e. The number of nitrogens with one attached hydrogen (secondary N) is 1. The van der Waals surface area contributed by atoms with Crippen molar-refractivity contribution < 1.29 is 4.79 Å². The number of nitrogens with zero attached hydrogens (tertiary/aromatic N) is 3. The van der Waals surface area contributed by atoms with Crippen LogP contribution in [-0.4, -0.2) is 26.0 Å². The monoisotopic (exact) mass is 374 g/mol. The molecule has 0 aliphatic rings. The van der Waals surface area contributed by atoms with E-state index in [1.54, 1.807) is 12.1 Å². The molecule has 2 aromatic heterocycles. The molecule has 0 spiro atoms. The molecule has 3 rings (SSSR count). The number of hydrogen-bond acceptors (Lipinski definition) is 5. The highest BCUT2D eigenvalue weighted by molar-refractivity contribution is 7.99. The van der Waals surface area contributed by atoms with Crippen LogP contribution in [0.25, 0.3) is 5.65 Å². The number of carbonyl (C=O) groups is 1. The number of benzene rings is 1. The number of thioether (sulfide) groups is 1. The van der Waals surface area contributed by atoms with Crippen molar-refractivity contribution in [3.05, 3.63) is 63.2 Å². The highest BCUT2D eigenvalue weighted by Gasteiger charge is 2.10. The number of pyridine rings is 1. The molecule has 0 unspecified atom stereocenters. The Kier molecular flexibility index (Phi) is 5.06. The third-order valence-corrected chi connectivity index (χ3v) is 4.57. The number of anilines is 1. The van der Waals surface area contributed by atoms with E-state index in [0.717, 1.165) is 28.6 Å². The molecule has 0 fully saturated rings. The zero-order chi connectivity index (χ0) is 18.0. The molecular weight excluding hydrogens is 360 g/mol. The predicted octanol–water partition coefficient (Wildman–Crippen LogP) is 3.09. The Balaban J connectivity index is 1.72. The number of fused-ring (bicyclic) bond motifs is 1. The van der Waals surface area contributed by atoms with Crippen LogP contribution in [0, 0.1) is 13.8 Å². The second kappa shape index (κ2) is 7.25. The smallest absolute Gasteiger partial charge is 0.325 e. The molecule has 1 N–H and O–H groups in total. The first-order valence-corrected chi connectivity index (χ1v) is 8.84. The summed E-state index contributed by atoms with van der Waals surface area (Å²) in [6.45, 7) is 3.90. The van der Waals surface area contributed by atoms with Gasteiger partial charge < -0.3 is 5.32 Å². The lowest BCUT2D eigenvalue weighted by Crippen LogP contribution is -2.20. The zero-order valence-electron chi connectivity index (χ0n) is 13.6. The number of carbonyl (C=O) groups excluding carboxylic acids is 1. The van der Waals surface area contributed by atoms with E-state index >= 15 is 0 Å². The first-order valence-electron chi connectivity index (χ1n) is 7.48. The van der Waals surface area contributed by atoms with Crippen molar-refractivity contribution in [3.63, 3.8) is 0 Å². The van der Waals surface area contributed by atoms with Gasteiger partial charge in [-0.3, -0.25) is 4.79 Å². The first kappa shape index (κ1) is 17.4. The van der Waals surface area contributed by atoms with Gasteiger partial charge in [-0.2, -0.15) is 4.98 Å². The summed E-state index contributed by atoms with van der Waals surface area (Å²) in [6.07, 6.45) is 1.46. The minimum absolute atomic E-state index is 0.108. The Morgan fingerprint density at radius 2 is 2.04 bits per heavy atom. The summed E-state index contributed by atoms with van der Waals surface area (Å²) < 4.78 is 1.27. The maximum absolute atomic E-state index is 12.2. The van der Waals surface area contributed by atoms with E-state index in [9.17, 15) is 9.59 Å². The van der Waals surface area contributed by atoms with Crippen molar-refractivity contribution in [1.82, 2.24) is 14.4 Å².